The molecule has 15 heavy (non-hydrogen) atoms. The molecule has 2 N–H and O–H groups in total. The van der Waals surface area contributed by atoms with Gasteiger partial charge in [-0.05, 0) is 17.7 Å². The molecule has 2 aromatic rings. The second kappa shape index (κ2) is 4.42. The van der Waals surface area contributed by atoms with Crippen LogP contribution in [0.4, 0.5) is 0 Å². The van der Waals surface area contributed by atoms with Crippen molar-refractivity contribution in [2.24, 2.45) is 5.73 Å². The van der Waals surface area contributed by atoms with Crippen molar-refractivity contribution < 1.29 is 4.52 Å². The van der Waals surface area contributed by atoms with Crippen molar-refractivity contribution in [1.29, 1.82) is 0 Å². The first-order valence-corrected chi connectivity index (χ1v) is 4.91. The van der Waals surface area contributed by atoms with Crippen molar-refractivity contribution >= 4 is 11.6 Å². The molecule has 1 aromatic heterocycles. The van der Waals surface area contributed by atoms with E-state index in [4.69, 9.17) is 21.9 Å². The molecule has 5 heteroatoms. The second-order valence-electron chi connectivity index (χ2n) is 3.12. The van der Waals surface area contributed by atoms with E-state index in [9.17, 15) is 0 Å². The number of nitrogens with zero attached hydrogens (tertiary/aromatic N) is 2. The Balaban J connectivity index is 2.14. The largest absolute Gasteiger partial charge is 0.339 e. The van der Waals surface area contributed by atoms with Gasteiger partial charge in [0.2, 0.25) is 5.89 Å². The molecule has 1 heterocycles. The van der Waals surface area contributed by atoms with Crippen LogP contribution >= 0.6 is 11.6 Å². The van der Waals surface area contributed by atoms with Gasteiger partial charge in [-0.15, -0.1) is 0 Å². The van der Waals surface area contributed by atoms with Gasteiger partial charge in [-0.1, -0.05) is 28.9 Å². The highest BCUT2D eigenvalue weighted by Gasteiger charge is 2.05. The molecular formula is C10H10ClN3O. The SMILES string of the molecule is NCc1noc(Cc2cccc(Cl)c2)n1. The first-order chi connectivity index (χ1) is 7.28. The highest BCUT2D eigenvalue weighted by atomic mass is 35.5. The minimum atomic E-state index is 0.291. The summed E-state index contributed by atoms with van der Waals surface area (Å²) in [5.74, 6) is 1.07. The van der Waals surface area contributed by atoms with Crippen molar-refractivity contribution in [3.8, 4) is 0 Å². The van der Waals surface area contributed by atoms with Crippen LogP contribution in [0.1, 0.15) is 17.3 Å². The predicted molar refractivity (Wildman–Crippen MR) is 56.4 cm³/mol. The van der Waals surface area contributed by atoms with Crippen molar-refractivity contribution in [3.63, 3.8) is 0 Å². The lowest BCUT2D eigenvalue weighted by atomic mass is 10.1. The Morgan fingerprint density at radius 3 is 2.93 bits per heavy atom. The van der Waals surface area contributed by atoms with Gasteiger partial charge < -0.3 is 10.3 Å². The van der Waals surface area contributed by atoms with Crippen LogP contribution in [-0.2, 0) is 13.0 Å². The van der Waals surface area contributed by atoms with E-state index >= 15 is 0 Å². The summed E-state index contributed by atoms with van der Waals surface area (Å²) in [7, 11) is 0. The van der Waals surface area contributed by atoms with Gasteiger partial charge in [-0.2, -0.15) is 4.98 Å². The summed E-state index contributed by atoms with van der Waals surface area (Å²) in [6.45, 7) is 0.291. The highest BCUT2D eigenvalue weighted by molar-refractivity contribution is 6.30. The zero-order valence-electron chi connectivity index (χ0n) is 7.98. The Morgan fingerprint density at radius 2 is 2.27 bits per heavy atom. The minimum Gasteiger partial charge on any atom is -0.339 e. The summed E-state index contributed by atoms with van der Waals surface area (Å²) in [5, 5.41) is 4.41. The zero-order valence-corrected chi connectivity index (χ0v) is 8.74. The van der Waals surface area contributed by atoms with Crippen LogP contribution in [0.2, 0.25) is 5.02 Å². The molecular weight excluding hydrogens is 214 g/mol. The predicted octanol–water partition coefficient (Wildman–Crippen LogP) is 1.77. The lowest BCUT2D eigenvalue weighted by Crippen LogP contribution is -1.98. The number of benzene rings is 1. The number of hydrogen-bond donors (Lipinski definition) is 1. The Morgan fingerprint density at radius 1 is 1.40 bits per heavy atom. The van der Waals surface area contributed by atoms with Crippen molar-refractivity contribution in [1.82, 2.24) is 10.1 Å². The summed E-state index contributed by atoms with van der Waals surface area (Å²) in [6, 6.07) is 7.54. The highest BCUT2D eigenvalue weighted by Crippen LogP contribution is 2.13. The Labute approximate surface area is 92.0 Å². The molecule has 0 aliphatic rings. The molecule has 0 radical (unpaired) electrons. The van der Waals surface area contributed by atoms with E-state index in [1.54, 1.807) is 0 Å². The molecule has 0 aliphatic carbocycles. The molecule has 0 amide bonds. The van der Waals surface area contributed by atoms with Crippen LogP contribution in [0.25, 0.3) is 0 Å². The maximum absolute atomic E-state index is 5.86. The molecule has 4 nitrogen and oxygen atoms in total. The van der Waals surface area contributed by atoms with Crippen LogP contribution in [-0.4, -0.2) is 10.1 Å². The molecule has 0 saturated heterocycles. The fraction of sp³-hybridized carbons (Fsp3) is 0.200. The average molecular weight is 224 g/mol. The summed E-state index contributed by atoms with van der Waals surface area (Å²) < 4.78 is 5.02. The Hall–Kier alpha value is -1.39. The molecule has 0 saturated carbocycles. The topological polar surface area (TPSA) is 64.9 Å². The van der Waals surface area contributed by atoms with Gasteiger partial charge >= 0.3 is 0 Å². The van der Waals surface area contributed by atoms with Gasteiger partial charge in [-0.3, -0.25) is 0 Å². The fourth-order valence-electron chi connectivity index (χ4n) is 1.27. The maximum atomic E-state index is 5.86. The fourth-order valence-corrected chi connectivity index (χ4v) is 1.48. The van der Waals surface area contributed by atoms with Crippen LogP contribution in [0.3, 0.4) is 0 Å². The third-order valence-electron chi connectivity index (χ3n) is 1.94. The standard InChI is InChI=1S/C10H10ClN3O/c11-8-3-1-2-7(4-8)5-10-13-9(6-12)14-15-10/h1-4H,5-6,12H2. The van der Waals surface area contributed by atoms with E-state index in [-0.39, 0.29) is 0 Å². The Bertz CT molecular complexity index is 455. The minimum absolute atomic E-state index is 0.291. The monoisotopic (exact) mass is 223 g/mol. The lowest BCUT2D eigenvalue weighted by molar-refractivity contribution is 0.379. The molecule has 0 unspecified atom stereocenters. The van der Waals surface area contributed by atoms with Gasteiger partial charge in [0.15, 0.2) is 5.82 Å². The number of nitrogens with two attached hydrogens (primary N) is 1. The van der Waals surface area contributed by atoms with E-state index < -0.39 is 0 Å². The summed E-state index contributed by atoms with van der Waals surface area (Å²) >= 11 is 5.86. The summed E-state index contributed by atoms with van der Waals surface area (Å²) in [6.07, 6.45) is 0.577. The van der Waals surface area contributed by atoms with Gasteiger partial charge in [0.1, 0.15) is 0 Å². The smallest absolute Gasteiger partial charge is 0.231 e. The van der Waals surface area contributed by atoms with E-state index in [1.165, 1.54) is 0 Å². The Kier molecular flexibility index (Phi) is 2.99. The molecule has 2 rings (SSSR count). The van der Waals surface area contributed by atoms with Crippen molar-refractivity contribution in [3.05, 3.63) is 46.6 Å². The number of hydrogen-bond acceptors (Lipinski definition) is 4. The normalized spacial score (nSPS) is 10.5. The number of rotatable bonds is 3. The van der Waals surface area contributed by atoms with Crippen molar-refractivity contribution in [2.45, 2.75) is 13.0 Å². The molecule has 0 atom stereocenters. The number of halogens is 1. The molecule has 0 bridgehead atoms. The van der Waals surface area contributed by atoms with E-state index in [1.807, 2.05) is 24.3 Å². The van der Waals surface area contributed by atoms with Gasteiger partial charge in [0.05, 0.1) is 13.0 Å². The van der Waals surface area contributed by atoms with Crippen LogP contribution in [0, 0.1) is 0 Å². The molecule has 1 aromatic carbocycles. The second-order valence-corrected chi connectivity index (χ2v) is 3.55. The van der Waals surface area contributed by atoms with Crippen LogP contribution < -0.4 is 5.73 Å². The molecule has 0 aliphatic heterocycles. The average Bonchev–Trinajstić information content (AvgIpc) is 2.65. The van der Waals surface area contributed by atoms with Gasteiger partial charge in [0.25, 0.3) is 0 Å². The van der Waals surface area contributed by atoms with Crippen LogP contribution in [0.15, 0.2) is 28.8 Å². The third kappa shape index (κ3) is 2.55. The third-order valence-corrected chi connectivity index (χ3v) is 2.17. The van der Waals surface area contributed by atoms with E-state index in [0.717, 1.165) is 5.56 Å². The van der Waals surface area contributed by atoms with E-state index in [2.05, 4.69) is 10.1 Å². The van der Waals surface area contributed by atoms with Crippen molar-refractivity contribution in [2.75, 3.05) is 0 Å². The lowest BCUT2D eigenvalue weighted by Gasteiger charge is -1.96. The summed E-state index contributed by atoms with van der Waals surface area (Å²) in [5.41, 5.74) is 6.41. The van der Waals surface area contributed by atoms with Gasteiger partial charge in [-0.25, -0.2) is 0 Å². The number of aromatic nitrogens is 2. The summed E-state index contributed by atoms with van der Waals surface area (Å²) in [4.78, 5) is 4.11. The molecule has 0 fully saturated rings. The maximum Gasteiger partial charge on any atom is 0.231 e. The quantitative estimate of drug-likeness (QED) is 0.862. The van der Waals surface area contributed by atoms with Gasteiger partial charge in [0, 0.05) is 5.02 Å². The van der Waals surface area contributed by atoms with Crippen LogP contribution in [0.5, 0.6) is 0 Å². The van der Waals surface area contributed by atoms with E-state index in [0.29, 0.717) is 29.7 Å². The zero-order chi connectivity index (χ0) is 10.7. The molecule has 78 valence electrons. The first kappa shape index (κ1) is 10.1. The first-order valence-electron chi connectivity index (χ1n) is 4.54. The molecule has 0 spiro atoms.